The van der Waals surface area contributed by atoms with Crippen molar-refractivity contribution in [3.05, 3.63) is 69.7 Å². The Labute approximate surface area is 134 Å². The summed E-state index contributed by atoms with van der Waals surface area (Å²) in [5.74, 6) is -0.0636. The highest BCUT2D eigenvalue weighted by atomic mass is 35.5. The molecule has 2 rings (SSSR count). The largest absolute Gasteiger partial charge is 0.378 e. The minimum absolute atomic E-state index is 0.0636. The molecule has 0 saturated carbocycles. The summed E-state index contributed by atoms with van der Waals surface area (Å²) in [6.45, 7) is 0. The average Bonchev–Trinajstić information content (AvgIpc) is 2.46. The van der Waals surface area contributed by atoms with Crippen molar-refractivity contribution in [3.63, 3.8) is 0 Å². The van der Waals surface area contributed by atoms with Crippen molar-refractivity contribution in [2.24, 2.45) is 0 Å². The van der Waals surface area contributed by atoms with E-state index in [-0.39, 0.29) is 5.78 Å². The van der Waals surface area contributed by atoms with E-state index in [9.17, 15) is 4.79 Å². The van der Waals surface area contributed by atoms with Crippen molar-refractivity contribution >= 4 is 40.7 Å². The Hall–Kier alpha value is -1.77. The molecular weight excluding hydrogens is 305 g/mol. The number of allylic oxidation sites excluding steroid dienone is 1. The van der Waals surface area contributed by atoms with E-state index in [1.165, 1.54) is 6.08 Å². The minimum atomic E-state index is -0.0636. The molecule has 0 radical (unpaired) electrons. The summed E-state index contributed by atoms with van der Waals surface area (Å²) in [6, 6.07) is 12.6. The molecule has 2 aromatic rings. The lowest BCUT2D eigenvalue weighted by Crippen LogP contribution is -2.08. The van der Waals surface area contributed by atoms with E-state index < -0.39 is 0 Å². The number of benzene rings is 2. The predicted octanol–water partition coefficient (Wildman–Crippen LogP) is 4.96. The molecule has 0 aliphatic carbocycles. The standard InChI is InChI=1S/C17H15Cl2NO/c1-20(2)15-8-4-13(5-9-15)17(21)10-6-12-3-7-14(18)11-16(12)19/h3-11H,1-2H3/b10-6+. The van der Waals surface area contributed by atoms with Gasteiger partial charge in [-0.25, -0.2) is 0 Å². The summed E-state index contributed by atoms with van der Waals surface area (Å²) in [4.78, 5) is 14.1. The van der Waals surface area contributed by atoms with Gasteiger partial charge in [0, 0.05) is 35.4 Å². The molecule has 0 bridgehead atoms. The van der Waals surface area contributed by atoms with Crippen molar-refractivity contribution in [2.75, 3.05) is 19.0 Å². The summed E-state index contributed by atoms with van der Waals surface area (Å²) in [5.41, 5.74) is 2.46. The van der Waals surface area contributed by atoms with E-state index in [1.54, 1.807) is 24.3 Å². The molecule has 21 heavy (non-hydrogen) atoms. The molecule has 2 nitrogen and oxygen atoms in total. The van der Waals surface area contributed by atoms with Gasteiger partial charge in [-0.15, -0.1) is 0 Å². The van der Waals surface area contributed by atoms with Crippen LogP contribution in [0, 0.1) is 0 Å². The molecule has 0 fully saturated rings. The molecule has 0 unspecified atom stereocenters. The van der Waals surface area contributed by atoms with Crippen LogP contribution >= 0.6 is 23.2 Å². The Bertz CT molecular complexity index is 676. The first kappa shape index (κ1) is 15.6. The average molecular weight is 320 g/mol. The van der Waals surface area contributed by atoms with E-state index in [1.807, 2.05) is 43.3 Å². The second kappa shape index (κ2) is 6.79. The first-order valence-corrected chi connectivity index (χ1v) is 7.18. The summed E-state index contributed by atoms with van der Waals surface area (Å²) in [7, 11) is 3.92. The van der Waals surface area contributed by atoms with Crippen LogP contribution in [0.5, 0.6) is 0 Å². The summed E-state index contributed by atoms with van der Waals surface area (Å²) in [5, 5.41) is 1.09. The Balaban J connectivity index is 2.15. The van der Waals surface area contributed by atoms with Gasteiger partial charge in [-0.3, -0.25) is 4.79 Å². The molecule has 108 valence electrons. The topological polar surface area (TPSA) is 20.3 Å². The molecule has 0 aliphatic rings. The van der Waals surface area contributed by atoms with Crippen LogP contribution in [0.1, 0.15) is 15.9 Å². The number of rotatable bonds is 4. The predicted molar refractivity (Wildman–Crippen MR) is 90.6 cm³/mol. The van der Waals surface area contributed by atoms with Crippen LogP contribution in [-0.2, 0) is 0 Å². The molecule has 0 heterocycles. The van der Waals surface area contributed by atoms with Crippen LogP contribution < -0.4 is 4.90 Å². The highest BCUT2D eigenvalue weighted by Crippen LogP contribution is 2.22. The second-order valence-electron chi connectivity index (χ2n) is 4.80. The van der Waals surface area contributed by atoms with Crippen molar-refractivity contribution < 1.29 is 4.79 Å². The first-order valence-electron chi connectivity index (χ1n) is 6.42. The maximum absolute atomic E-state index is 12.1. The summed E-state index contributed by atoms with van der Waals surface area (Å²) >= 11 is 11.9. The van der Waals surface area contributed by atoms with Gasteiger partial charge in [0.15, 0.2) is 5.78 Å². The van der Waals surface area contributed by atoms with Crippen LogP contribution in [-0.4, -0.2) is 19.9 Å². The molecule has 0 atom stereocenters. The lowest BCUT2D eigenvalue weighted by Gasteiger charge is -2.11. The molecule has 0 aromatic heterocycles. The maximum atomic E-state index is 12.1. The zero-order valence-electron chi connectivity index (χ0n) is 11.8. The SMILES string of the molecule is CN(C)c1ccc(C(=O)/C=C/c2ccc(Cl)cc2Cl)cc1. The van der Waals surface area contributed by atoms with Crippen molar-refractivity contribution in [2.45, 2.75) is 0 Å². The number of carbonyl (C=O) groups excluding carboxylic acids is 1. The Morgan fingerprint density at radius 3 is 2.29 bits per heavy atom. The van der Waals surface area contributed by atoms with E-state index in [0.717, 1.165) is 11.3 Å². The number of hydrogen-bond acceptors (Lipinski definition) is 2. The van der Waals surface area contributed by atoms with E-state index >= 15 is 0 Å². The molecule has 2 aromatic carbocycles. The monoisotopic (exact) mass is 319 g/mol. The van der Waals surface area contributed by atoms with Crippen LogP contribution in [0.3, 0.4) is 0 Å². The van der Waals surface area contributed by atoms with E-state index in [4.69, 9.17) is 23.2 Å². The van der Waals surface area contributed by atoms with Gasteiger partial charge >= 0.3 is 0 Å². The van der Waals surface area contributed by atoms with Gasteiger partial charge in [0.25, 0.3) is 0 Å². The first-order chi connectivity index (χ1) is 9.97. The molecule has 0 saturated heterocycles. The molecule has 0 aliphatic heterocycles. The Kier molecular flexibility index (Phi) is 5.05. The molecule has 0 N–H and O–H groups in total. The third-order valence-electron chi connectivity index (χ3n) is 3.04. The van der Waals surface area contributed by atoms with Crippen LogP contribution in [0.4, 0.5) is 5.69 Å². The van der Waals surface area contributed by atoms with Crippen molar-refractivity contribution in [3.8, 4) is 0 Å². The van der Waals surface area contributed by atoms with Crippen LogP contribution in [0.15, 0.2) is 48.5 Å². The third-order valence-corrected chi connectivity index (χ3v) is 3.61. The van der Waals surface area contributed by atoms with E-state index in [2.05, 4.69) is 0 Å². The smallest absolute Gasteiger partial charge is 0.185 e. The van der Waals surface area contributed by atoms with Gasteiger partial charge in [0.05, 0.1) is 0 Å². The zero-order valence-corrected chi connectivity index (χ0v) is 13.3. The molecular formula is C17H15Cl2NO. The number of carbonyl (C=O) groups is 1. The molecule has 4 heteroatoms. The Morgan fingerprint density at radius 1 is 1.05 bits per heavy atom. The summed E-state index contributed by atoms with van der Waals surface area (Å²) in [6.07, 6.45) is 3.21. The van der Waals surface area contributed by atoms with Gasteiger partial charge in [0.2, 0.25) is 0 Å². The fourth-order valence-electron chi connectivity index (χ4n) is 1.82. The fourth-order valence-corrected chi connectivity index (χ4v) is 2.29. The minimum Gasteiger partial charge on any atom is -0.378 e. The van der Waals surface area contributed by atoms with Gasteiger partial charge in [-0.2, -0.15) is 0 Å². The number of nitrogens with zero attached hydrogens (tertiary/aromatic N) is 1. The maximum Gasteiger partial charge on any atom is 0.185 e. The quantitative estimate of drug-likeness (QED) is 0.586. The molecule has 0 amide bonds. The highest BCUT2D eigenvalue weighted by Gasteiger charge is 2.03. The van der Waals surface area contributed by atoms with Crippen LogP contribution in [0.2, 0.25) is 10.0 Å². The summed E-state index contributed by atoms with van der Waals surface area (Å²) < 4.78 is 0. The highest BCUT2D eigenvalue weighted by molar-refractivity contribution is 6.35. The number of ketones is 1. The number of halogens is 2. The zero-order chi connectivity index (χ0) is 15.4. The number of anilines is 1. The van der Waals surface area contributed by atoms with Gasteiger partial charge < -0.3 is 4.90 Å². The number of hydrogen-bond donors (Lipinski definition) is 0. The van der Waals surface area contributed by atoms with Gasteiger partial charge in [-0.1, -0.05) is 29.3 Å². The lowest BCUT2D eigenvalue weighted by atomic mass is 10.1. The van der Waals surface area contributed by atoms with Crippen molar-refractivity contribution in [1.82, 2.24) is 0 Å². The van der Waals surface area contributed by atoms with Gasteiger partial charge in [-0.05, 0) is 54.1 Å². The van der Waals surface area contributed by atoms with Crippen LogP contribution in [0.25, 0.3) is 6.08 Å². The fraction of sp³-hybridized carbons (Fsp3) is 0.118. The van der Waals surface area contributed by atoms with Crippen molar-refractivity contribution in [1.29, 1.82) is 0 Å². The Morgan fingerprint density at radius 2 is 1.71 bits per heavy atom. The normalized spacial score (nSPS) is 10.9. The van der Waals surface area contributed by atoms with E-state index in [0.29, 0.717) is 15.6 Å². The third kappa shape index (κ3) is 4.10. The second-order valence-corrected chi connectivity index (χ2v) is 5.65. The lowest BCUT2D eigenvalue weighted by molar-refractivity contribution is 0.104. The van der Waals surface area contributed by atoms with Gasteiger partial charge in [0.1, 0.15) is 0 Å². The molecule has 0 spiro atoms.